The van der Waals surface area contributed by atoms with Crippen LogP contribution in [0.4, 0.5) is 0 Å². The van der Waals surface area contributed by atoms with Crippen molar-refractivity contribution in [3.8, 4) is 5.75 Å². The minimum atomic E-state index is -0.0212. The molecule has 2 aromatic rings. The van der Waals surface area contributed by atoms with Gasteiger partial charge in [0.15, 0.2) is 0 Å². The van der Waals surface area contributed by atoms with Crippen molar-refractivity contribution in [2.24, 2.45) is 7.05 Å². The molecule has 0 bridgehead atoms. The van der Waals surface area contributed by atoms with E-state index in [1.165, 1.54) is 0 Å². The normalized spacial score (nSPS) is 10.6. The van der Waals surface area contributed by atoms with Crippen LogP contribution in [0, 0.1) is 0 Å². The predicted molar refractivity (Wildman–Crippen MR) is 63.4 cm³/mol. The lowest BCUT2D eigenvalue weighted by atomic mass is 10.1. The molecule has 3 nitrogen and oxygen atoms in total. The minimum Gasteiger partial charge on any atom is -0.496 e. The molecule has 0 spiro atoms. The highest BCUT2D eigenvalue weighted by molar-refractivity contribution is 9.10. The van der Waals surface area contributed by atoms with E-state index in [0.29, 0.717) is 11.1 Å². The van der Waals surface area contributed by atoms with E-state index < -0.39 is 0 Å². The van der Waals surface area contributed by atoms with Gasteiger partial charge in [0.25, 0.3) is 5.56 Å². The van der Waals surface area contributed by atoms with E-state index in [0.717, 1.165) is 9.86 Å². The Bertz CT molecular complexity index is 575. The summed E-state index contributed by atoms with van der Waals surface area (Å²) in [7, 11) is 3.32. The van der Waals surface area contributed by atoms with Gasteiger partial charge in [0.05, 0.1) is 12.5 Å². The molecule has 1 heterocycles. The Balaban J connectivity index is 3.02. The van der Waals surface area contributed by atoms with Crippen LogP contribution in [0.25, 0.3) is 10.8 Å². The number of benzene rings is 1. The topological polar surface area (TPSA) is 31.2 Å². The van der Waals surface area contributed by atoms with Crippen molar-refractivity contribution in [2.45, 2.75) is 0 Å². The van der Waals surface area contributed by atoms with Crippen LogP contribution >= 0.6 is 15.9 Å². The highest BCUT2D eigenvalue weighted by Gasteiger charge is 2.09. The molecule has 0 saturated carbocycles. The quantitative estimate of drug-likeness (QED) is 0.794. The molecule has 0 aliphatic heterocycles. The lowest BCUT2D eigenvalue weighted by molar-refractivity contribution is 0.419. The van der Waals surface area contributed by atoms with Crippen molar-refractivity contribution in [3.63, 3.8) is 0 Å². The van der Waals surface area contributed by atoms with E-state index in [1.54, 1.807) is 31.0 Å². The summed E-state index contributed by atoms with van der Waals surface area (Å²) in [4.78, 5) is 11.8. The zero-order valence-electron chi connectivity index (χ0n) is 8.45. The molecule has 0 radical (unpaired) electrons. The average molecular weight is 268 g/mol. The van der Waals surface area contributed by atoms with E-state index >= 15 is 0 Å². The highest BCUT2D eigenvalue weighted by atomic mass is 79.9. The fraction of sp³-hybridized carbons (Fsp3) is 0.182. The van der Waals surface area contributed by atoms with E-state index in [4.69, 9.17) is 4.74 Å². The van der Waals surface area contributed by atoms with Gasteiger partial charge in [0, 0.05) is 23.1 Å². The SMILES string of the molecule is COc1cccc2c(=O)n(C)cc(Br)c12. The Morgan fingerprint density at radius 2 is 2.13 bits per heavy atom. The van der Waals surface area contributed by atoms with Crippen molar-refractivity contribution in [1.82, 2.24) is 4.57 Å². The van der Waals surface area contributed by atoms with Gasteiger partial charge in [-0.05, 0) is 28.1 Å². The maximum atomic E-state index is 11.8. The first-order valence-electron chi connectivity index (χ1n) is 4.47. The molecule has 0 saturated heterocycles. The Hall–Kier alpha value is -1.29. The molecule has 78 valence electrons. The number of halogens is 1. The minimum absolute atomic E-state index is 0.0212. The molecule has 0 unspecified atom stereocenters. The number of rotatable bonds is 1. The number of fused-ring (bicyclic) bond motifs is 1. The van der Waals surface area contributed by atoms with Crippen LogP contribution in [-0.4, -0.2) is 11.7 Å². The first-order valence-corrected chi connectivity index (χ1v) is 5.26. The number of methoxy groups -OCH3 is 1. The van der Waals surface area contributed by atoms with E-state index in [9.17, 15) is 4.79 Å². The summed E-state index contributed by atoms with van der Waals surface area (Å²) in [6, 6.07) is 5.45. The number of nitrogens with zero attached hydrogens (tertiary/aromatic N) is 1. The van der Waals surface area contributed by atoms with Gasteiger partial charge in [-0.1, -0.05) is 6.07 Å². The first kappa shape index (κ1) is 10.2. The number of aromatic nitrogens is 1. The average Bonchev–Trinajstić information content (AvgIpc) is 2.25. The fourth-order valence-corrected chi connectivity index (χ4v) is 2.33. The Morgan fingerprint density at radius 3 is 2.80 bits per heavy atom. The van der Waals surface area contributed by atoms with Gasteiger partial charge >= 0.3 is 0 Å². The monoisotopic (exact) mass is 267 g/mol. The van der Waals surface area contributed by atoms with Crippen LogP contribution in [0.3, 0.4) is 0 Å². The number of pyridine rings is 1. The summed E-state index contributed by atoms with van der Waals surface area (Å²) in [5, 5.41) is 1.48. The van der Waals surface area contributed by atoms with Crippen LogP contribution in [0.15, 0.2) is 33.7 Å². The van der Waals surface area contributed by atoms with Gasteiger partial charge in [0.2, 0.25) is 0 Å². The second-order valence-corrected chi connectivity index (χ2v) is 4.13. The van der Waals surface area contributed by atoms with Gasteiger partial charge < -0.3 is 9.30 Å². The van der Waals surface area contributed by atoms with Crippen LogP contribution < -0.4 is 10.3 Å². The van der Waals surface area contributed by atoms with Gasteiger partial charge in [-0.25, -0.2) is 0 Å². The molecule has 2 rings (SSSR count). The molecular weight excluding hydrogens is 258 g/mol. The van der Waals surface area contributed by atoms with Crippen LogP contribution in [0.2, 0.25) is 0 Å². The van der Waals surface area contributed by atoms with Gasteiger partial charge in [-0.3, -0.25) is 4.79 Å². The van der Waals surface area contributed by atoms with Gasteiger partial charge in [-0.15, -0.1) is 0 Å². The van der Waals surface area contributed by atoms with Crippen LogP contribution in [0.5, 0.6) is 5.75 Å². The van der Waals surface area contributed by atoms with Crippen molar-refractivity contribution < 1.29 is 4.74 Å². The van der Waals surface area contributed by atoms with Crippen molar-refractivity contribution in [1.29, 1.82) is 0 Å². The highest BCUT2D eigenvalue weighted by Crippen LogP contribution is 2.29. The molecule has 1 aromatic carbocycles. The fourth-order valence-electron chi connectivity index (χ4n) is 1.61. The van der Waals surface area contributed by atoms with Crippen LogP contribution in [0.1, 0.15) is 0 Å². The van der Waals surface area contributed by atoms with Gasteiger partial charge in [0.1, 0.15) is 5.75 Å². The summed E-state index contributed by atoms with van der Waals surface area (Å²) in [6.07, 6.45) is 1.74. The third-order valence-corrected chi connectivity index (χ3v) is 2.94. The molecule has 0 fully saturated rings. The molecular formula is C11H10BrNO2. The molecule has 1 aromatic heterocycles. The smallest absolute Gasteiger partial charge is 0.258 e. The maximum absolute atomic E-state index is 11.8. The van der Waals surface area contributed by atoms with Crippen molar-refractivity contribution in [3.05, 3.63) is 39.2 Å². The second-order valence-electron chi connectivity index (χ2n) is 3.28. The summed E-state index contributed by atoms with van der Waals surface area (Å²) in [5.74, 6) is 0.706. The standard InChI is InChI=1S/C11H10BrNO2/c1-13-6-8(12)10-7(11(13)14)4-3-5-9(10)15-2/h3-6H,1-2H3. The lowest BCUT2D eigenvalue weighted by Crippen LogP contribution is -2.16. The molecule has 15 heavy (non-hydrogen) atoms. The number of hydrogen-bond acceptors (Lipinski definition) is 2. The molecule has 0 N–H and O–H groups in total. The number of hydrogen-bond donors (Lipinski definition) is 0. The second kappa shape index (κ2) is 3.70. The first-order chi connectivity index (χ1) is 7.15. The lowest BCUT2D eigenvalue weighted by Gasteiger charge is -2.08. The summed E-state index contributed by atoms with van der Waals surface area (Å²) < 4.78 is 7.63. The zero-order chi connectivity index (χ0) is 11.0. The third kappa shape index (κ3) is 1.55. The number of aryl methyl sites for hydroxylation is 1. The number of ether oxygens (including phenoxy) is 1. The van der Waals surface area contributed by atoms with E-state index in [1.807, 2.05) is 12.1 Å². The summed E-state index contributed by atoms with van der Waals surface area (Å²) in [6.45, 7) is 0. The molecule has 4 heteroatoms. The third-order valence-electron chi connectivity index (χ3n) is 2.34. The zero-order valence-corrected chi connectivity index (χ0v) is 10.0. The molecule has 0 aliphatic rings. The largest absolute Gasteiger partial charge is 0.496 e. The molecule has 0 amide bonds. The molecule has 0 aliphatic carbocycles. The van der Waals surface area contributed by atoms with Crippen LogP contribution in [-0.2, 0) is 7.05 Å². The van der Waals surface area contributed by atoms with E-state index in [2.05, 4.69) is 15.9 Å². The van der Waals surface area contributed by atoms with Gasteiger partial charge in [-0.2, -0.15) is 0 Å². The van der Waals surface area contributed by atoms with Crippen molar-refractivity contribution >= 4 is 26.7 Å². The Morgan fingerprint density at radius 1 is 1.40 bits per heavy atom. The molecule has 0 atom stereocenters. The van der Waals surface area contributed by atoms with E-state index in [-0.39, 0.29) is 5.56 Å². The maximum Gasteiger partial charge on any atom is 0.258 e. The predicted octanol–water partition coefficient (Wildman–Crippen LogP) is 2.31. The summed E-state index contributed by atoms with van der Waals surface area (Å²) >= 11 is 3.43. The van der Waals surface area contributed by atoms with Crippen molar-refractivity contribution in [2.75, 3.05) is 7.11 Å². The summed E-state index contributed by atoms with van der Waals surface area (Å²) in [5.41, 5.74) is -0.0212. The Kier molecular flexibility index (Phi) is 2.52. The Labute approximate surface area is 95.4 Å².